The first-order valence-electron chi connectivity index (χ1n) is 3.55. The Bertz CT molecular complexity index is 212. The van der Waals surface area contributed by atoms with Gasteiger partial charge in [0.05, 0.1) is 0 Å². The summed E-state index contributed by atoms with van der Waals surface area (Å²) < 4.78 is 0. The van der Waals surface area contributed by atoms with Crippen LogP contribution >= 0.6 is 0 Å². The summed E-state index contributed by atoms with van der Waals surface area (Å²) in [6.07, 6.45) is 6.96. The number of hydrogen-bond acceptors (Lipinski definition) is 0. The molecule has 0 radical (unpaired) electrons. The van der Waals surface area contributed by atoms with Crippen LogP contribution in [0.25, 0.3) is 0 Å². The molecule has 0 amide bonds. The highest BCUT2D eigenvalue weighted by Gasteiger charge is 2.08. The molecule has 10 heavy (non-hydrogen) atoms. The second-order valence-electron chi connectivity index (χ2n) is 2.58. The molecule has 0 nitrogen and oxygen atoms in total. The van der Waals surface area contributed by atoms with E-state index in [1.807, 2.05) is 6.08 Å². The van der Waals surface area contributed by atoms with Crippen molar-refractivity contribution in [3.05, 3.63) is 42.2 Å². The SMILES string of the molecule is C=CC=C=C1CCC(=C)C1. The summed E-state index contributed by atoms with van der Waals surface area (Å²) in [6, 6.07) is 0. The van der Waals surface area contributed by atoms with Gasteiger partial charge in [-0.2, -0.15) is 0 Å². The van der Waals surface area contributed by atoms with Crippen LogP contribution in [0.1, 0.15) is 19.3 Å². The molecule has 0 aromatic rings. The molecule has 0 saturated heterocycles. The first-order valence-corrected chi connectivity index (χ1v) is 3.55. The molecule has 0 spiro atoms. The van der Waals surface area contributed by atoms with Crippen LogP contribution in [0.4, 0.5) is 0 Å². The van der Waals surface area contributed by atoms with Crippen LogP contribution in [0, 0.1) is 0 Å². The van der Waals surface area contributed by atoms with Gasteiger partial charge in [0.1, 0.15) is 0 Å². The molecule has 0 N–H and O–H groups in total. The molecular weight excluding hydrogens is 120 g/mol. The first-order chi connectivity index (χ1) is 4.83. The van der Waals surface area contributed by atoms with Crippen LogP contribution in [0.3, 0.4) is 0 Å². The lowest BCUT2D eigenvalue weighted by Crippen LogP contribution is -1.65. The van der Waals surface area contributed by atoms with Crippen molar-refractivity contribution in [2.24, 2.45) is 0 Å². The van der Waals surface area contributed by atoms with Gasteiger partial charge < -0.3 is 0 Å². The molecule has 0 heteroatoms. The molecule has 0 aromatic heterocycles. The van der Waals surface area contributed by atoms with E-state index in [0.29, 0.717) is 0 Å². The zero-order valence-electron chi connectivity index (χ0n) is 6.19. The fraction of sp³-hybridized carbons (Fsp3) is 0.300. The zero-order valence-corrected chi connectivity index (χ0v) is 6.19. The minimum atomic E-state index is 1.05. The summed E-state index contributed by atoms with van der Waals surface area (Å²) >= 11 is 0. The molecule has 0 atom stereocenters. The van der Waals surface area contributed by atoms with Gasteiger partial charge in [-0.25, -0.2) is 0 Å². The van der Waals surface area contributed by atoms with E-state index in [2.05, 4.69) is 18.9 Å². The van der Waals surface area contributed by atoms with Gasteiger partial charge in [0.2, 0.25) is 0 Å². The van der Waals surface area contributed by atoms with Crippen molar-refractivity contribution in [1.29, 1.82) is 0 Å². The fourth-order valence-corrected chi connectivity index (χ4v) is 1.11. The van der Waals surface area contributed by atoms with E-state index < -0.39 is 0 Å². The lowest BCUT2D eigenvalue weighted by Gasteiger charge is -1.84. The third kappa shape index (κ3) is 1.75. The number of hydrogen-bond donors (Lipinski definition) is 0. The highest BCUT2D eigenvalue weighted by Crippen LogP contribution is 2.26. The van der Waals surface area contributed by atoms with Crippen molar-refractivity contribution in [3.63, 3.8) is 0 Å². The van der Waals surface area contributed by atoms with Gasteiger partial charge in [-0.15, -0.1) is 5.73 Å². The maximum absolute atomic E-state index is 3.91. The summed E-state index contributed by atoms with van der Waals surface area (Å²) in [7, 11) is 0. The molecule has 0 bridgehead atoms. The Morgan fingerprint density at radius 2 is 2.20 bits per heavy atom. The molecule has 1 aliphatic carbocycles. The average Bonchev–Trinajstić information content (AvgIpc) is 2.31. The van der Waals surface area contributed by atoms with Crippen LogP contribution in [0.2, 0.25) is 0 Å². The fourth-order valence-electron chi connectivity index (χ4n) is 1.11. The molecule has 0 unspecified atom stereocenters. The minimum Gasteiger partial charge on any atom is -0.121 e. The van der Waals surface area contributed by atoms with Crippen LogP contribution in [-0.2, 0) is 0 Å². The predicted octanol–water partition coefficient (Wildman–Crippen LogP) is 2.99. The van der Waals surface area contributed by atoms with Crippen molar-refractivity contribution in [2.45, 2.75) is 19.3 Å². The number of rotatable bonds is 1. The Labute approximate surface area is 62.3 Å². The third-order valence-electron chi connectivity index (χ3n) is 1.65. The van der Waals surface area contributed by atoms with E-state index in [0.717, 1.165) is 19.3 Å². The van der Waals surface area contributed by atoms with Crippen molar-refractivity contribution < 1.29 is 0 Å². The first kappa shape index (κ1) is 7.11. The predicted molar refractivity (Wildman–Crippen MR) is 44.8 cm³/mol. The van der Waals surface area contributed by atoms with E-state index in [1.165, 1.54) is 11.1 Å². The Morgan fingerprint density at radius 1 is 1.40 bits per heavy atom. The highest BCUT2D eigenvalue weighted by atomic mass is 14.1. The van der Waals surface area contributed by atoms with Gasteiger partial charge in [-0.05, 0) is 30.9 Å². The molecule has 1 saturated carbocycles. The summed E-state index contributed by atoms with van der Waals surface area (Å²) in [6.45, 7) is 7.50. The third-order valence-corrected chi connectivity index (χ3v) is 1.65. The summed E-state index contributed by atoms with van der Waals surface area (Å²) in [5, 5.41) is 0. The molecule has 0 heterocycles. The summed E-state index contributed by atoms with van der Waals surface area (Å²) in [5.74, 6) is 0. The van der Waals surface area contributed by atoms with Crippen LogP contribution in [0.15, 0.2) is 42.2 Å². The maximum atomic E-state index is 3.91. The molecule has 1 rings (SSSR count). The normalized spacial score (nSPS) is 16.8. The molecule has 0 aromatic carbocycles. The van der Waals surface area contributed by atoms with Gasteiger partial charge in [0.15, 0.2) is 0 Å². The quantitative estimate of drug-likeness (QED) is 0.292. The van der Waals surface area contributed by atoms with Gasteiger partial charge in [-0.1, -0.05) is 24.8 Å². The minimum absolute atomic E-state index is 1.05. The van der Waals surface area contributed by atoms with Gasteiger partial charge >= 0.3 is 0 Å². The lowest BCUT2D eigenvalue weighted by atomic mass is 10.2. The zero-order chi connectivity index (χ0) is 7.40. The Balaban J connectivity index is 2.68. The Kier molecular flexibility index (Phi) is 2.30. The Morgan fingerprint density at radius 3 is 2.70 bits per heavy atom. The monoisotopic (exact) mass is 132 g/mol. The number of allylic oxidation sites excluding steroid dienone is 3. The van der Waals surface area contributed by atoms with Gasteiger partial charge in [-0.3, -0.25) is 0 Å². The lowest BCUT2D eigenvalue weighted by molar-refractivity contribution is 1.06. The Hall–Kier alpha value is -1.00. The average molecular weight is 132 g/mol. The van der Waals surface area contributed by atoms with Crippen molar-refractivity contribution in [3.8, 4) is 0 Å². The van der Waals surface area contributed by atoms with Crippen LogP contribution < -0.4 is 0 Å². The highest BCUT2D eigenvalue weighted by molar-refractivity contribution is 5.21. The maximum Gasteiger partial charge on any atom is -0.00346 e. The molecular formula is C10H12. The largest absolute Gasteiger partial charge is 0.121 e. The molecule has 0 aliphatic heterocycles. The summed E-state index contributed by atoms with van der Waals surface area (Å²) in [4.78, 5) is 0. The van der Waals surface area contributed by atoms with Crippen molar-refractivity contribution in [2.75, 3.05) is 0 Å². The van der Waals surface area contributed by atoms with Crippen LogP contribution in [-0.4, -0.2) is 0 Å². The van der Waals surface area contributed by atoms with E-state index >= 15 is 0 Å². The van der Waals surface area contributed by atoms with E-state index in [4.69, 9.17) is 0 Å². The van der Waals surface area contributed by atoms with E-state index in [9.17, 15) is 0 Å². The second kappa shape index (κ2) is 3.24. The smallest absolute Gasteiger partial charge is 0.00346 e. The van der Waals surface area contributed by atoms with E-state index in [1.54, 1.807) is 6.08 Å². The van der Waals surface area contributed by atoms with Gasteiger partial charge in [0.25, 0.3) is 0 Å². The topological polar surface area (TPSA) is 0 Å². The molecule has 1 aliphatic rings. The van der Waals surface area contributed by atoms with Crippen LogP contribution in [0.5, 0.6) is 0 Å². The molecule has 52 valence electrons. The van der Waals surface area contributed by atoms with Gasteiger partial charge in [0, 0.05) is 0 Å². The standard InChI is InChI=1S/C10H12/c1-3-4-5-10-7-6-9(2)8-10/h3-4H,1-2,6-8H2. The summed E-state index contributed by atoms with van der Waals surface area (Å²) in [5.41, 5.74) is 5.87. The molecule has 1 fully saturated rings. The van der Waals surface area contributed by atoms with E-state index in [-0.39, 0.29) is 0 Å². The second-order valence-corrected chi connectivity index (χ2v) is 2.58. The van der Waals surface area contributed by atoms with Crippen molar-refractivity contribution >= 4 is 0 Å². The van der Waals surface area contributed by atoms with Crippen molar-refractivity contribution in [1.82, 2.24) is 0 Å².